The number of hydrogen-bond acceptors (Lipinski definition) is 4. The molecule has 1 saturated carbocycles. The monoisotopic (exact) mass is 310 g/mol. The van der Waals surface area contributed by atoms with Crippen LogP contribution in [0.4, 0.5) is 5.82 Å². The van der Waals surface area contributed by atoms with E-state index in [2.05, 4.69) is 9.98 Å². The molecule has 0 unspecified atom stereocenters. The van der Waals surface area contributed by atoms with Crippen LogP contribution >= 0.6 is 0 Å². The van der Waals surface area contributed by atoms with Gasteiger partial charge < -0.3 is 16.2 Å². The van der Waals surface area contributed by atoms with Crippen LogP contribution in [0.15, 0.2) is 41.4 Å². The Morgan fingerprint density at radius 3 is 2.43 bits per heavy atom. The third kappa shape index (κ3) is 3.31. The Kier molecular flexibility index (Phi) is 3.97. The number of carbonyl (C=O) groups is 1. The van der Waals surface area contributed by atoms with Crippen molar-refractivity contribution in [2.75, 3.05) is 7.11 Å². The minimum absolute atomic E-state index is 0.361. The summed E-state index contributed by atoms with van der Waals surface area (Å²) in [5.74, 6) is 1.54. The molecule has 1 aromatic carbocycles. The molecule has 4 N–H and O–H groups in total. The third-order valence-corrected chi connectivity index (χ3v) is 3.76. The number of amidine groups is 1. The minimum Gasteiger partial charge on any atom is -0.493 e. The van der Waals surface area contributed by atoms with Gasteiger partial charge in [0, 0.05) is 17.0 Å². The van der Waals surface area contributed by atoms with E-state index in [1.165, 1.54) is 0 Å². The molecule has 6 heteroatoms. The van der Waals surface area contributed by atoms with Crippen molar-refractivity contribution in [2.24, 2.45) is 22.4 Å². The Morgan fingerprint density at radius 1 is 1.17 bits per heavy atom. The number of hydrogen-bond donors (Lipinski definition) is 2. The number of carbonyl (C=O) groups excluding carboxylic acids is 1. The van der Waals surface area contributed by atoms with Crippen LogP contribution in [0.2, 0.25) is 0 Å². The lowest BCUT2D eigenvalue weighted by Gasteiger charge is -2.08. The highest BCUT2D eigenvalue weighted by Crippen LogP contribution is 2.33. The Bertz CT molecular complexity index is 765. The second kappa shape index (κ2) is 6.08. The van der Waals surface area contributed by atoms with Crippen LogP contribution in [0.25, 0.3) is 11.3 Å². The predicted octanol–water partition coefficient (Wildman–Crippen LogP) is 2.25. The lowest BCUT2D eigenvalue weighted by atomic mass is 10.1. The fraction of sp³-hybridized carbons (Fsp3) is 0.235. The van der Waals surface area contributed by atoms with Crippen molar-refractivity contribution in [3.8, 4) is 17.0 Å². The largest absolute Gasteiger partial charge is 0.493 e. The number of aromatic nitrogens is 1. The number of nitrogens with zero attached hydrogens (tertiary/aromatic N) is 2. The molecule has 0 bridgehead atoms. The second-order valence-electron chi connectivity index (χ2n) is 5.47. The molecule has 1 aliphatic rings. The Labute approximate surface area is 134 Å². The van der Waals surface area contributed by atoms with Crippen molar-refractivity contribution in [1.82, 2.24) is 4.98 Å². The highest BCUT2D eigenvalue weighted by Gasteiger charge is 2.26. The molecule has 118 valence electrons. The number of primary amides is 1. The topological polar surface area (TPSA) is 104 Å². The molecule has 0 saturated heterocycles. The number of nitrogens with two attached hydrogens (primary N) is 2. The molecule has 1 fully saturated rings. The van der Waals surface area contributed by atoms with Crippen molar-refractivity contribution >= 4 is 17.6 Å². The molecule has 23 heavy (non-hydrogen) atoms. The van der Waals surface area contributed by atoms with E-state index in [0.717, 1.165) is 24.1 Å². The summed E-state index contributed by atoms with van der Waals surface area (Å²) in [5.41, 5.74) is 13.3. The standard InChI is InChI=1S/C17H18N4O2/c1-23-14-9-8-13(10-2-6-12(7-3-10)16(19)22)20-17(14)21-15(18)11-4-5-11/h2-3,6-9,11H,4-5H2,1H3,(H2,19,22)(H2,18,20,21). The molecule has 1 aliphatic carbocycles. The molecule has 1 amide bonds. The Balaban J connectivity index is 1.96. The van der Waals surface area contributed by atoms with Crippen molar-refractivity contribution in [3.05, 3.63) is 42.0 Å². The number of pyridine rings is 1. The molecule has 3 rings (SSSR count). The predicted molar refractivity (Wildman–Crippen MR) is 88.7 cm³/mol. The number of ether oxygens (including phenoxy) is 1. The number of rotatable bonds is 5. The molecule has 0 atom stereocenters. The Hall–Kier alpha value is -2.89. The van der Waals surface area contributed by atoms with Gasteiger partial charge >= 0.3 is 0 Å². The Morgan fingerprint density at radius 2 is 1.87 bits per heavy atom. The summed E-state index contributed by atoms with van der Waals surface area (Å²) in [5, 5.41) is 0. The van der Waals surface area contributed by atoms with E-state index in [1.54, 1.807) is 31.4 Å². The third-order valence-electron chi connectivity index (χ3n) is 3.76. The van der Waals surface area contributed by atoms with Crippen molar-refractivity contribution in [2.45, 2.75) is 12.8 Å². The number of aliphatic imine (C=N–C) groups is 1. The minimum atomic E-state index is -0.457. The molecular weight excluding hydrogens is 292 g/mol. The summed E-state index contributed by atoms with van der Waals surface area (Å²) in [6.45, 7) is 0. The van der Waals surface area contributed by atoms with Gasteiger partial charge in [-0.1, -0.05) is 12.1 Å². The summed E-state index contributed by atoms with van der Waals surface area (Å²) in [4.78, 5) is 20.1. The average molecular weight is 310 g/mol. The quantitative estimate of drug-likeness (QED) is 0.653. The van der Waals surface area contributed by atoms with Gasteiger partial charge in [-0.05, 0) is 37.1 Å². The summed E-state index contributed by atoms with van der Waals surface area (Å²) >= 11 is 0. The zero-order valence-electron chi connectivity index (χ0n) is 12.8. The van der Waals surface area contributed by atoms with Crippen LogP contribution in [0.5, 0.6) is 5.75 Å². The van der Waals surface area contributed by atoms with Gasteiger partial charge in [0.1, 0.15) is 5.84 Å². The first-order valence-corrected chi connectivity index (χ1v) is 7.38. The average Bonchev–Trinajstić information content (AvgIpc) is 3.40. The van der Waals surface area contributed by atoms with Gasteiger partial charge in [-0.15, -0.1) is 0 Å². The number of amides is 1. The highest BCUT2D eigenvalue weighted by molar-refractivity contribution is 5.93. The van der Waals surface area contributed by atoms with E-state index >= 15 is 0 Å². The molecule has 1 heterocycles. The van der Waals surface area contributed by atoms with E-state index in [9.17, 15) is 4.79 Å². The van der Waals surface area contributed by atoms with E-state index < -0.39 is 5.91 Å². The maximum absolute atomic E-state index is 11.1. The van der Waals surface area contributed by atoms with Gasteiger partial charge in [-0.25, -0.2) is 9.98 Å². The van der Waals surface area contributed by atoms with Crippen LogP contribution in [0.1, 0.15) is 23.2 Å². The van der Waals surface area contributed by atoms with Crippen LogP contribution in [0, 0.1) is 5.92 Å². The molecule has 2 aromatic rings. The summed E-state index contributed by atoms with van der Waals surface area (Å²) in [6, 6.07) is 10.6. The molecule has 0 aliphatic heterocycles. The van der Waals surface area contributed by atoms with E-state index in [-0.39, 0.29) is 0 Å². The van der Waals surface area contributed by atoms with Crippen LogP contribution in [-0.2, 0) is 0 Å². The molecule has 0 radical (unpaired) electrons. The molecule has 1 aromatic heterocycles. The number of methoxy groups -OCH3 is 1. The molecule has 0 spiro atoms. The maximum atomic E-state index is 11.1. The second-order valence-corrected chi connectivity index (χ2v) is 5.47. The van der Waals surface area contributed by atoms with E-state index in [0.29, 0.717) is 28.9 Å². The zero-order chi connectivity index (χ0) is 16.4. The molecular formula is C17H18N4O2. The van der Waals surface area contributed by atoms with Gasteiger partial charge in [0.2, 0.25) is 5.91 Å². The van der Waals surface area contributed by atoms with Crippen molar-refractivity contribution < 1.29 is 9.53 Å². The van der Waals surface area contributed by atoms with Gasteiger partial charge in [0.25, 0.3) is 0 Å². The SMILES string of the molecule is COc1ccc(-c2ccc(C(N)=O)cc2)nc1N=C(N)C1CC1. The van der Waals surface area contributed by atoms with Gasteiger partial charge in [0.15, 0.2) is 11.6 Å². The lowest BCUT2D eigenvalue weighted by Crippen LogP contribution is -2.13. The van der Waals surface area contributed by atoms with E-state index in [1.807, 2.05) is 12.1 Å². The van der Waals surface area contributed by atoms with Crippen LogP contribution in [-0.4, -0.2) is 23.8 Å². The first kappa shape index (κ1) is 15.0. The van der Waals surface area contributed by atoms with Gasteiger partial charge in [0.05, 0.1) is 12.8 Å². The fourth-order valence-corrected chi connectivity index (χ4v) is 2.23. The first-order chi connectivity index (χ1) is 11.1. The molecule has 6 nitrogen and oxygen atoms in total. The van der Waals surface area contributed by atoms with Gasteiger partial charge in [-0.2, -0.15) is 0 Å². The van der Waals surface area contributed by atoms with Crippen molar-refractivity contribution in [3.63, 3.8) is 0 Å². The fourth-order valence-electron chi connectivity index (χ4n) is 2.23. The highest BCUT2D eigenvalue weighted by atomic mass is 16.5. The normalized spacial score (nSPS) is 14.6. The smallest absolute Gasteiger partial charge is 0.248 e. The first-order valence-electron chi connectivity index (χ1n) is 7.38. The lowest BCUT2D eigenvalue weighted by molar-refractivity contribution is 0.100. The summed E-state index contributed by atoms with van der Waals surface area (Å²) in [7, 11) is 1.57. The van der Waals surface area contributed by atoms with Crippen LogP contribution in [0.3, 0.4) is 0 Å². The van der Waals surface area contributed by atoms with Gasteiger partial charge in [-0.3, -0.25) is 4.79 Å². The van der Waals surface area contributed by atoms with E-state index in [4.69, 9.17) is 16.2 Å². The maximum Gasteiger partial charge on any atom is 0.248 e. The number of benzene rings is 1. The van der Waals surface area contributed by atoms with Crippen molar-refractivity contribution in [1.29, 1.82) is 0 Å². The summed E-state index contributed by atoms with van der Waals surface area (Å²) < 4.78 is 5.30. The zero-order valence-corrected chi connectivity index (χ0v) is 12.8. The summed E-state index contributed by atoms with van der Waals surface area (Å²) in [6.07, 6.45) is 2.15. The van der Waals surface area contributed by atoms with Crippen LogP contribution < -0.4 is 16.2 Å².